The molecule has 1 atom stereocenters. The van der Waals surface area contributed by atoms with E-state index in [1.54, 1.807) is 24.4 Å². The Morgan fingerprint density at radius 2 is 2.03 bits per heavy atom. The number of carbonyl (C=O) groups excluding carboxylic acids is 2. The van der Waals surface area contributed by atoms with Gasteiger partial charge < -0.3 is 19.7 Å². The van der Waals surface area contributed by atoms with E-state index in [9.17, 15) is 14.9 Å². The first kappa shape index (κ1) is 25.2. The molecule has 0 radical (unpaired) electrons. The van der Waals surface area contributed by atoms with Crippen LogP contribution in [0.15, 0.2) is 48.8 Å². The third kappa shape index (κ3) is 5.83. The Morgan fingerprint density at radius 1 is 1.25 bits per heavy atom. The van der Waals surface area contributed by atoms with E-state index < -0.39 is 0 Å². The van der Waals surface area contributed by atoms with Crippen molar-refractivity contribution < 1.29 is 19.1 Å². The molecule has 0 spiro atoms. The maximum atomic E-state index is 12.8. The van der Waals surface area contributed by atoms with Gasteiger partial charge in [0.25, 0.3) is 0 Å². The van der Waals surface area contributed by atoms with Gasteiger partial charge in [-0.2, -0.15) is 5.26 Å². The van der Waals surface area contributed by atoms with E-state index >= 15 is 0 Å². The third-order valence-corrected chi connectivity index (χ3v) is 7.34. The maximum absolute atomic E-state index is 12.8. The van der Waals surface area contributed by atoms with Crippen LogP contribution in [0.25, 0.3) is 0 Å². The number of hydrogen-bond acceptors (Lipinski definition) is 7. The summed E-state index contributed by atoms with van der Waals surface area (Å²) in [5.74, 6) is 0.518. The van der Waals surface area contributed by atoms with Crippen LogP contribution in [0.1, 0.15) is 46.4 Å². The molecule has 4 rings (SSSR count). The molecule has 1 N–H and O–H groups in total. The van der Waals surface area contributed by atoms with Gasteiger partial charge in [0.15, 0.2) is 0 Å². The Hall–Kier alpha value is -3.90. The highest BCUT2D eigenvalue weighted by Gasteiger charge is 2.28. The van der Waals surface area contributed by atoms with Crippen LogP contribution in [0.3, 0.4) is 0 Å². The summed E-state index contributed by atoms with van der Waals surface area (Å²) in [5.41, 5.74) is 3.39. The van der Waals surface area contributed by atoms with Crippen LogP contribution in [0.5, 0.6) is 5.75 Å². The second kappa shape index (κ2) is 11.7. The first-order valence-electron chi connectivity index (χ1n) is 11.8. The van der Waals surface area contributed by atoms with E-state index in [2.05, 4.69) is 16.4 Å². The summed E-state index contributed by atoms with van der Waals surface area (Å²) in [6.07, 6.45) is 4.46. The molecule has 1 aromatic carbocycles. The molecule has 9 heteroatoms. The summed E-state index contributed by atoms with van der Waals surface area (Å²) in [7, 11) is 1.61. The highest BCUT2D eigenvalue weighted by molar-refractivity contribution is 7.16. The normalized spacial score (nSPS) is 13.3. The van der Waals surface area contributed by atoms with Crippen molar-refractivity contribution in [3.8, 4) is 11.8 Å². The summed E-state index contributed by atoms with van der Waals surface area (Å²) in [6.45, 7) is 3.08. The molecule has 0 saturated carbocycles. The quantitative estimate of drug-likeness (QED) is 0.468. The number of amides is 2. The SMILES string of the molecule is COc1ccccc1[C@@H](C)CC(=O)Nc1sc2c(c1C#N)CCN(C(=O)OCCc1ccncc1)C2. The molecule has 0 saturated heterocycles. The Morgan fingerprint density at radius 3 is 2.78 bits per heavy atom. The summed E-state index contributed by atoms with van der Waals surface area (Å²) < 4.78 is 10.9. The largest absolute Gasteiger partial charge is 0.496 e. The van der Waals surface area contributed by atoms with Crippen molar-refractivity contribution in [1.82, 2.24) is 9.88 Å². The summed E-state index contributed by atoms with van der Waals surface area (Å²) >= 11 is 1.35. The minimum Gasteiger partial charge on any atom is -0.496 e. The van der Waals surface area contributed by atoms with Gasteiger partial charge >= 0.3 is 6.09 Å². The zero-order valence-electron chi connectivity index (χ0n) is 20.3. The van der Waals surface area contributed by atoms with Crippen molar-refractivity contribution in [2.45, 2.75) is 38.6 Å². The molecule has 36 heavy (non-hydrogen) atoms. The fourth-order valence-corrected chi connectivity index (χ4v) is 5.53. The van der Waals surface area contributed by atoms with Gasteiger partial charge in [0.1, 0.15) is 16.8 Å². The monoisotopic (exact) mass is 504 g/mol. The van der Waals surface area contributed by atoms with Gasteiger partial charge in [-0.15, -0.1) is 11.3 Å². The van der Waals surface area contributed by atoms with Gasteiger partial charge in [0.05, 0.1) is 25.8 Å². The number of thiophene rings is 1. The standard InChI is InChI=1S/C27H28N4O4S/c1-18(20-5-3-4-6-23(20)34-2)15-25(32)30-26-22(16-28)21-9-13-31(17-24(21)36-26)27(33)35-14-10-19-7-11-29-12-8-19/h3-8,11-12,18H,9-10,13-15,17H2,1-2H3,(H,30,32)/t18-/m0/s1. The number of fused-ring (bicyclic) bond motifs is 1. The molecular weight excluding hydrogens is 476 g/mol. The first-order valence-corrected chi connectivity index (χ1v) is 12.6. The molecule has 3 aromatic rings. The fraction of sp³-hybridized carbons (Fsp3) is 0.333. The van der Waals surface area contributed by atoms with E-state index in [0.717, 1.165) is 27.3 Å². The molecule has 8 nitrogen and oxygen atoms in total. The third-order valence-electron chi connectivity index (χ3n) is 6.21. The zero-order chi connectivity index (χ0) is 25.5. The topological polar surface area (TPSA) is 105 Å². The molecule has 2 amide bonds. The lowest BCUT2D eigenvalue weighted by molar-refractivity contribution is -0.116. The fourth-order valence-electron chi connectivity index (χ4n) is 4.30. The van der Waals surface area contributed by atoms with Gasteiger partial charge in [-0.1, -0.05) is 25.1 Å². The van der Waals surface area contributed by atoms with Crippen molar-refractivity contribution in [2.75, 3.05) is 25.6 Å². The second-order valence-electron chi connectivity index (χ2n) is 8.61. The number of benzene rings is 1. The van der Waals surface area contributed by atoms with E-state index in [1.165, 1.54) is 11.3 Å². The van der Waals surface area contributed by atoms with Crippen LogP contribution < -0.4 is 10.1 Å². The van der Waals surface area contributed by atoms with E-state index in [0.29, 0.717) is 36.5 Å². The van der Waals surface area contributed by atoms with Crippen molar-refractivity contribution in [1.29, 1.82) is 5.26 Å². The lowest BCUT2D eigenvalue weighted by Gasteiger charge is -2.26. The molecule has 186 valence electrons. The first-order chi connectivity index (χ1) is 17.5. The van der Waals surface area contributed by atoms with Crippen LogP contribution in [-0.2, 0) is 28.9 Å². The average Bonchev–Trinajstić information content (AvgIpc) is 3.24. The van der Waals surface area contributed by atoms with Gasteiger partial charge in [-0.3, -0.25) is 9.78 Å². The molecule has 0 fully saturated rings. The minimum absolute atomic E-state index is 0.0568. The molecular formula is C27H28N4O4S. The predicted molar refractivity (Wildman–Crippen MR) is 137 cm³/mol. The summed E-state index contributed by atoms with van der Waals surface area (Å²) in [6, 6.07) is 13.7. The number of carbonyl (C=O) groups is 2. The van der Waals surface area contributed by atoms with E-state index in [1.807, 2.05) is 43.3 Å². The number of ether oxygens (including phenoxy) is 2. The molecule has 1 aliphatic rings. The number of nitriles is 1. The highest BCUT2D eigenvalue weighted by atomic mass is 32.1. The van der Waals surface area contributed by atoms with Crippen LogP contribution in [0, 0.1) is 11.3 Å². The smallest absolute Gasteiger partial charge is 0.410 e. The van der Waals surface area contributed by atoms with Gasteiger partial charge in [0.2, 0.25) is 5.91 Å². The Kier molecular flexibility index (Phi) is 8.18. The van der Waals surface area contributed by atoms with Gasteiger partial charge in [-0.25, -0.2) is 4.79 Å². The lowest BCUT2D eigenvalue weighted by Crippen LogP contribution is -2.36. The van der Waals surface area contributed by atoms with Crippen molar-refractivity contribution in [3.63, 3.8) is 0 Å². The number of anilines is 1. The minimum atomic E-state index is -0.377. The van der Waals surface area contributed by atoms with Gasteiger partial charge in [0, 0.05) is 36.7 Å². The van der Waals surface area contributed by atoms with Crippen LogP contribution in [0.4, 0.5) is 9.80 Å². The Balaban J connectivity index is 1.36. The molecule has 0 bridgehead atoms. The second-order valence-corrected chi connectivity index (χ2v) is 9.71. The molecule has 3 heterocycles. The summed E-state index contributed by atoms with van der Waals surface area (Å²) in [5, 5.41) is 13.2. The lowest BCUT2D eigenvalue weighted by atomic mass is 9.96. The van der Waals surface area contributed by atoms with E-state index in [4.69, 9.17) is 9.47 Å². The number of nitrogens with one attached hydrogen (secondary N) is 1. The van der Waals surface area contributed by atoms with E-state index in [-0.39, 0.29) is 30.9 Å². The molecule has 0 aliphatic carbocycles. The molecule has 2 aromatic heterocycles. The number of para-hydroxylation sites is 1. The highest BCUT2D eigenvalue weighted by Crippen LogP contribution is 2.37. The molecule has 1 aliphatic heterocycles. The Bertz CT molecular complexity index is 1270. The number of hydrogen-bond donors (Lipinski definition) is 1. The van der Waals surface area contributed by atoms with Crippen molar-refractivity contribution >= 4 is 28.3 Å². The van der Waals surface area contributed by atoms with Crippen molar-refractivity contribution in [3.05, 3.63) is 75.9 Å². The number of methoxy groups -OCH3 is 1. The van der Waals surface area contributed by atoms with Crippen molar-refractivity contribution in [2.24, 2.45) is 0 Å². The van der Waals surface area contributed by atoms with Crippen LogP contribution >= 0.6 is 11.3 Å². The number of pyridine rings is 1. The molecule has 0 unspecified atom stereocenters. The van der Waals surface area contributed by atoms with Gasteiger partial charge in [-0.05, 0) is 47.2 Å². The average molecular weight is 505 g/mol. The maximum Gasteiger partial charge on any atom is 0.410 e. The Labute approximate surface area is 214 Å². The van der Waals surface area contributed by atoms with Crippen LogP contribution in [-0.4, -0.2) is 42.1 Å². The van der Waals surface area contributed by atoms with Crippen LogP contribution in [0.2, 0.25) is 0 Å². The zero-order valence-corrected chi connectivity index (χ0v) is 21.1. The summed E-state index contributed by atoms with van der Waals surface area (Å²) in [4.78, 5) is 32.0. The predicted octanol–water partition coefficient (Wildman–Crippen LogP) is 4.89. The number of nitrogens with zero attached hydrogens (tertiary/aromatic N) is 3. The number of rotatable bonds is 8. The number of aromatic nitrogens is 1.